The first-order chi connectivity index (χ1) is 14.4. The third-order valence-corrected chi connectivity index (χ3v) is 4.67. The minimum Gasteiger partial charge on any atom is -0.478 e. The smallest absolute Gasteiger partial charge is 0.335 e. The Morgan fingerprint density at radius 2 is 2.00 bits per heavy atom. The summed E-state index contributed by atoms with van der Waals surface area (Å²) in [7, 11) is 0. The van der Waals surface area contributed by atoms with E-state index in [0.717, 1.165) is 4.90 Å². The normalized spacial score (nSPS) is 15.6. The van der Waals surface area contributed by atoms with Gasteiger partial charge in [0.15, 0.2) is 0 Å². The first kappa shape index (κ1) is 20.8. The number of hydrogen-bond donors (Lipinski definition) is 2. The summed E-state index contributed by atoms with van der Waals surface area (Å²) in [5.74, 6) is -1.60. The lowest BCUT2D eigenvalue weighted by atomic mass is 9.94. The van der Waals surface area contributed by atoms with Crippen molar-refractivity contribution < 1.29 is 29.0 Å². The van der Waals surface area contributed by atoms with Gasteiger partial charge in [-0.3, -0.25) is 14.5 Å². The zero-order valence-corrected chi connectivity index (χ0v) is 16.1. The maximum absolute atomic E-state index is 12.8. The highest BCUT2D eigenvalue weighted by molar-refractivity contribution is 6.19. The van der Waals surface area contributed by atoms with Crippen molar-refractivity contribution in [3.63, 3.8) is 0 Å². The molecule has 1 aromatic heterocycles. The van der Waals surface area contributed by atoms with E-state index in [1.165, 1.54) is 25.1 Å². The molecule has 152 valence electrons. The number of hydrogen-bond acceptors (Lipinski definition) is 6. The molecule has 0 saturated carbocycles. The van der Waals surface area contributed by atoms with Crippen LogP contribution in [0.3, 0.4) is 0 Å². The number of furan rings is 1. The van der Waals surface area contributed by atoms with E-state index < -0.39 is 17.8 Å². The Labute approximate surface area is 172 Å². The molecule has 2 heterocycles. The van der Waals surface area contributed by atoms with Crippen molar-refractivity contribution in [1.29, 1.82) is 5.26 Å². The molecule has 0 spiro atoms. The minimum absolute atomic E-state index is 0.00461. The fraction of sp³-hybridized carbons (Fsp3) is 0.182. The van der Waals surface area contributed by atoms with E-state index in [2.05, 4.69) is 0 Å². The molecule has 3 rings (SSSR count). The number of aliphatic hydroxyl groups is 1. The predicted octanol–water partition coefficient (Wildman–Crippen LogP) is 2.62. The number of imide groups is 1. The van der Waals surface area contributed by atoms with E-state index in [4.69, 9.17) is 14.6 Å². The lowest BCUT2D eigenvalue weighted by molar-refractivity contribution is -0.140. The van der Waals surface area contributed by atoms with Crippen molar-refractivity contribution in [3.8, 4) is 17.4 Å². The Kier molecular flexibility index (Phi) is 5.95. The van der Waals surface area contributed by atoms with Crippen molar-refractivity contribution in [3.05, 3.63) is 64.4 Å². The van der Waals surface area contributed by atoms with Crippen LogP contribution in [0.2, 0.25) is 0 Å². The van der Waals surface area contributed by atoms with Crippen LogP contribution in [0.15, 0.2) is 57.5 Å². The Bertz CT molecular complexity index is 1130. The second-order valence-electron chi connectivity index (χ2n) is 6.60. The number of carbonyl (C=O) groups excluding carboxylic acids is 2. The van der Waals surface area contributed by atoms with Gasteiger partial charge in [0.2, 0.25) is 0 Å². The zero-order chi connectivity index (χ0) is 21.8. The predicted molar refractivity (Wildman–Crippen MR) is 106 cm³/mol. The average molecular weight is 406 g/mol. The molecule has 8 nitrogen and oxygen atoms in total. The number of nitrogens with zero attached hydrogens (tertiary/aromatic N) is 2. The van der Waals surface area contributed by atoms with Crippen LogP contribution in [0.5, 0.6) is 0 Å². The third-order valence-electron chi connectivity index (χ3n) is 4.67. The molecule has 0 atom stereocenters. The van der Waals surface area contributed by atoms with Gasteiger partial charge in [0.25, 0.3) is 11.8 Å². The topological polar surface area (TPSA) is 132 Å². The van der Waals surface area contributed by atoms with Crippen molar-refractivity contribution in [2.45, 2.75) is 13.3 Å². The van der Waals surface area contributed by atoms with Gasteiger partial charge >= 0.3 is 5.97 Å². The average Bonchev–Trinajstić information content (AvgIpc) is 3.20. The molecule has 1 aliphatic rings. The molecule has 0 fully saturated rings. The summed E-state index contributed by atoms with van der Waals surface area (Å²) in [4.78, 5) is 37.3. The standard InChI is InChI=1S/C22H18N2O6/c1-13-17(20(26)24(8-3-9-25)21(27)18(13)12-23)11-16-6-7-19(30-16)14-4-2-5-15(10-14)22(28)29/h2,4-7,10-11,25H,3,8-9H2,1H3,(H,28,29)/b17-11+. The van der Waals surface area contributed by atoms with Crippen LogP contribution in [0.25, 0.3) is 17.4 Å². The lowest BCUT2D eigenvalue weighted by Crippen LogP contribution is -2.43. The van der Waals surface area contributed by atoms with Crippen LogP contribution in [-0.4, -0.2) is 46.0 Å². The summed E-state index contributed by atoms with van der Waals surface area (Å²) in [6.45, 7) is 1.32. The molecule has 2 amide bonds. The van der Waals surface area contributed by atoms with Crippen molar-refractivity contribution in [1.82, 2.24) is 4.90 Å². The Hall–Kier alpha value is -3.96. The SMILES string of the molecule is CC1=C(C#N)C(=O)N(CCCO)C(=O)/C1=C/c1ccc(-c2cccc(C(=O)O)c2)o1. The number of aliphatic hydroxyl groups excluding tert-OH is 1. The van der Waals surface area contributed by atoms with Crippen LogP contribution in [0, 0.1) is 11.3 Å². The summed E-state index contributed by atoms with van der Waals surface area (Å²) in [5, 5.41) is 27.5. The van der Waals surface area contributed by atoms with E-state index in [1.807, 2.05) is 6.07 Å². The highest BCUT2D eigenvalue weighted by atomic mass is 16.4. The van der Waals surface area contributed by atoms with Gasteiger partial charge in [-0.05, 0) is 49.3 Å². The second kappa shape index (κ2) is 8.59. The van der Waals surface area contributed by atoms with Crippen LogP contribution in [-0.2, 0) is 9.59 Å². The fourth-order valence-corrected chi connectivity index (χ4v) is 3.09. The molecule has 30 heavy (non-hydrogen) atoms. The number of carbonyl (C=O) groups is 3. The van der Waals surface area contributed by atoms with Gasteiger partial charge in [0, 0.05) is 24.3 Å². The Balaban J connectivity index is 2.00. The second-order valence-corrected chi connectivity index (χ2v) is 6.60. The molecule has 0 bridgehead atoms. The van der Waals surface area contributed by atoms with Gasteiger partial charge < -0.3 is 14.6 Å². The van der Waals surface area contributed by atoms with E-state index in [0.29, 0.717) is 17.1 Å². The van der Waals surface area contributed by atoms with E-state index in [1.54, 1.807) is 24.3 Å². The maximum Gasteiger partial charge on any atom is 0.335 e. The molecule has 1 aliphatic heterocycles. The first-order valence-electron chi connectivity index (χ1n) is 9.11. The third kappa shape index (κ3) is 3.92. The zero-order valence-electron chi connectivity index (χ0n) is 16.1. The molecule has 1 aromatic carbocycles. The highest BCUT2D eigenvalue weighted by Gasteiger charge is 2.35. The summed E-state index contributed by atoms with van der Waals surface area (Å²) < 4.78 is 5.75. The molecule has 2 aromatic rings. The van der Waals surface area contributed by atoms with Gasteiger partial charge in [-0.25, -0.2) is 4.79 Å². The van der Waals surface area contributed by atoms with E-state index in [-0.39, 0.29) is 41.9 Å². The Morgan fingerprint density at radius 3 is 2.67 bits per heavy atom. The largest absolute Gasteiger partial charge is 0.478 e. The number of carboxylic acid groups (broad SMARTS) is 1. The highest BCUT2D eigenvalue weighted by Crippen LogP contribution is 2.29. The molecule has 2 N–H and O–H groups in total. The maximum atomic E-state index is 12.8. The van der Waals surface area contributed by atoms with Crippen LogP contribution >= 0.6 is 0 Å². The molecule has 0 saturated heterocycles. The fourth-order valence-electron chi connectivity index (χ4n) is 3.09. The van der Waals surface area contributed by atoms with E-state index in [9.17, 15) is 19.6 Å². The van der Waals surface area contributed by atoms with Crippen molar-refractivity contribution in [2.24, 2.45) is 0 Å². The van der Waals surface area contributed by atoms with Gasteiger partial charge in [0.05, 0.1) is 5.56 Å². The lowest BCUT2D eigenvalue weighted by Gasteiger charge is -2.27. The molecule has 8 heteroatoms. The summed E-state index contributed by atoms with van der Waals surface area (Å²) in [6, 6.07) is 11.3. The van der Waals surface area contributed by atoms with Crippen molar-refractivity contribution >= 4 is 23.9 Å². The molecule has 0 aliphatic carbocycles. The number of benzene rings is 1. The quantitative estimate of drug-likeness (QED) is 0.557. The van der Waals surface area contributed by atoms with Gasteiger partial charge in [-0.2, -0.15) is 5.26 Å². The number of carboxylic acids is 1. The van der Waals surface area contributed by atoms with Crippen LogP contribution < -0.4 is 0 Å². The number of nitriles is 1. The monoisotopic (exact) mass is 406 g/mol. The summed E-state index contributed by atoms with van der Waals surface area (Å²) in [6.07, 6.45) is 1.64. The van der Waals surface area contributed by atoms with Crippen LogP contribution in [0.4, 0.5) is 0 Å². The molecular weight excluding hydrogens is 388 g/mol. The van der Waals surface area contributed by atoms with Gasteiger partial charge in [-0.1, -0.05) is 12.1 Å². The summed E-state index contributed by atoms with van der Waals surface area (Å²) in [5.41, 5.74) is 0.920. The summed E-state index contributed by atoms with van der Waals surface area (Å²) >= 11 is 0. The van der Waals surface area contributed by atoms with Crippen molar-refractivity contribution in [2.75, 3.05) is 13.2 Å². The van der Waals surface area contributed by atoms with E-state index >= 15 is 0 Å². The van der Waals surface area contributed by atoms with Crippen LogP contribution in [0.1, 0.15) is 29.5 Å². The number of amides is 2. The number of aromatic carboxylic acids is 1. The first-order valence-corrected chi connectivity index (χ1v) is 9.11. The van der Waals surface area contributed by atoms with Gasteiger partial charge in [-0.15, -0.1) is 0 Å². The minimum atomic E-state index is -1.06. The molecule has 0 radical (unpaired) electrons. The number of rotatable bonds is 6. The Morgan fingerprint density at radius 1 is 1.23 bits per heavy atom. The molecule has 0 unspecified atom stereocenters. The van der Waals surface area contributed by atoms with Gasteiger partial charge in [0.1, 0.15) is 23.2 Å². The molecular formula is C22H18N2O6.